The summed E-state index contributed by atoms with van der Waals surface area (Å²) >= 11 is 0. The first-order chi connectivity index (χ1) is 9.76. The predicted molar refractivity (Wildman–Crippen MR) is 82.4 cm³/mol. The minimum absolute atomic E-state index is 0.0383. The first-order valence-corrected chi connectivity index (χ1v) is 7.77. The van der Waals surface area contributed by atoms with Gasteiger partial charge in [-0.25, -0.2) is 0 Å². The number of hydrogen-bond acceptors (Lipinski definition) is 5. The van der Waals surface area contributed by atoms with Gasteiger partial charge in [-0.1, -0.05) is 6.92 Å². The molecule has 0 saturated carbocycles. The molecule has 0 N–H and O–H groups in total. The third-order valence-electron chi connectivity index (χ3n) is 2.93. The van der Waals surface area contributed by atoms with Gasteiger partial charge < -0.3 is 18.9 Å². The zero-order chi connectivity index (χ0) is 16.3. The van der Waals surface area contributed by atoms with Gasteiger partial charge >= 0.3 is 5.97 Å². The molecule has 0 amide bonds. The molecule has 5 nitrogen and oxygen atoms in total. The van der Waals surface area contributed by atoms with Crippen molar-refractivity contribution in [2.24, 2.45) is 0 Å². The maximum atomic E-state index is 10.6. The van der Waals surface area contributed by atoms with E-state index < -0.39 is 0 Å². The lowest BCUT2D eigenvalue weighted by atomic mass is 10.1. The quantitative estimate of drug-likeness (QED) is 0.410. The Kier molecular flexibility index (Phi) is 10.6. The summed E-state index contributed by atoms with van der Waals surface area (Å²) in [6.45, 7) is 13.5. The zero-order valence-corrected chi connectivity index (χ0v) is 14.4. The molecule has 0 radical (unpaired) electrons. The predicted octanol–water partition coefficient (Wildman–Crippen LogP) is 2.96. The van der Waals surface area contributed by atoms with Crippen molar-refractivity contribution in [2.45, 2.75) is 72.2 Å². The van der Waals surface area contributed by atoms with Crippen LogP contribution in [0.3, 0.4) is 0 Å². The van der Waals surface area contributed by atoms with Gasteiger partial charge in [0.2, 0.25) is 0 Å². The monoisotopic (exact) mass is 304 g/mol. The maximum absolute atomic E-state index is 10.6. The van der Waals surface area contributed by atoms with Gasteiger partial charge in [0.05, 0.1) is 31.0 Å². The van der Waals surface area contributed by atoms with Crippen LogP contribution < -0.4 is 0 Å². The van der Waals surface area contributed by atoms with Gasteiger partial charge in [0.25, 0.3) is 0 Å². The summed E-state index contributed by atoms with van der Waals surface area (Å²) in [4.78, 5) is 10.6. The number of rotatable bonds is 12. The van der Waals surface area contributed by atoms with Crippen LogP contribution in [0.25, 0.3) is 0 Å². The fraction of sp³-hybridized carbons (Fsp3) is 0.938. The lowest BCUT2D eigenvalue weighted by Crippen LogP contribution is -2.34. The van der Waals surface area contributed by atoms with E-state index in [0.29, 0.717) is 19.8 Å². The highest BCUT2D eigenvalue weighted by Crippen LogP contribution is 2.19. The van der Waals surface area contributed by atoms with Crippen LogP contribution in [-0.2, 0) is 23.7 Å². The van der Waals surface area contributed by atoms with Gasteiger partial charge in [-0.15, -0.1) is 0 Å². The van der Waals surface area contributed by atoms with E-state index in [0.717, 1.165) is 12.8 Å². The largest absolute Gasteiger partial charge is 0.463 e. The van der Waals surface area contributed by atoms with Crippen molar-refractivity contribution in [3.8, 4) is 0 Å². The third kappa shape index (κ3) is 12.8. The van der Waals surface area contributed by atoms with E-state index in [9.17, 15) is 4.79 Å². The van der Waals surface area contributed by atoms with Crippen molar-refractivity contribution in [3.05, 3.63) is 0 Å². The fourth-order valence-corrected chi connectivity index (χ4v) is 1.74. The molecule has 21 heavy (non-hydrogen) atoms. The molecule has 0 spiro atoms. The van der Waals surface area contributed by atoms with E-state index in [1.165, 1.54) is 6.92 Å². The van der Waals surface area contributed by atoms with Crippen LogP contribution in [0.1, 0.15) is 54.4 Å². The average molecular weight is 304 g/mol. The summed E-state index contributed by atoms with van der Waals surface area (Å²) in [6.07, 6.45) is 2.00. The van der Waals surface area contributed by atoms with Crippen LogP contribution >= 0.6 is 0 Å². The molecule has 0 aliphatic rings. The molecule has 0 rings (SSSR count). The van der Waals surface area contributed by atoms with E-state index in [1.807, 2.05) is 13.8 Å². The second kappa shape index (κ2) is 11.0. The molecule has 5 heteroatoms. The number of esters is 1. The van der Waals surface area contributed by atoms with Crippen LogP contribution in [0.4, 0.5) is 0 Å². The Labute approximate surface area is 129 Å². The Balaban J connectivity index is 3.91. The SMILES string of the molecule is CCC(COCCOC(C)=O)OC(C)(C)CCOC(C)C. The van der Waals surface area contributed by atoms with Gasteiger partial charge in [0.1, 0.15) is 6.61 Å². The van der Waals surface area contributed by atoms with Crippen LogP contribution in [0.15, 0.2) is 0 Å². The van der Waals surface area contributed by atoms with E-state index in [1.54, 1.807) is 0 Å². The normalized spacial score (nSPS) is 13.5. The van der Waals surface area contributed by atoms with Gasteiger partial charge in [0.15, 0.2) is 0 Å². The number of hydrogen-bond donors (Lipinski definition) is 0. The summed E-state index contributed by atoms with van der Waals surface area (Å²) in [5.74, 6) is -0.284. The van der Waals surface area contributed by atoms with Crippen molar-refractivity contribution in [2.75, 3.05) is 26.4 Å². The third-order valence-corrected chi connectivity index (χ3v) is 2.93. The molecule has 0 aromatic heterocycles. The van der Waals surface area contributed by atoms with Gasteiger partial charge in [-0.2, -0.15) is 0 Å². The second-order valence-corrected chi connectivity index (χ2v) is 5.99. The summed E-state index contributed by atoms with van der Waals surface area (Å²) in [7, 11) is 0. The molecule has 0 heterocycles. The second-order valence-electron chi connectivity index (χ2n) is 5.99. The van der Waals surface area contributed by atoms with Crippen molar-refractivity contribution < 1.29 is 23.7 Å². The van der Waals surface area contributed by atoms with Crippen molar-refractivity contribution in [1.29, 1.82) is 0 Å². The number of carbonyl (C=O) groups excluding carboxylic acids is 1. The molecule has 126 valence electrons. The van der Waals surface area contributed by atoms with Crippen molar-refractivity contribution >= 4 is 5.97 Å². The topological polar surface area (TPSA) is 54.0 Å². The molecule has 1 atom stereocenters. The Bertz CT molecular complexity index is 276. The van der Waals surface area contributed by atoms with Crippen LogP contribution in [0, 0.1) is 0 Å². The molecule has 0 aliphatic heterocycles. The highest BCUT2D eigenvalue weighted by atomic mass is 16.6. The molecule has 0 saturated heterocycles. The smallest absolute Gasteiger partial charge is 0.302 e. The van der Waals surface area contributed by atoms with Crippen molar-refractivity contribution in [1.82, 2.24) is 0 Å². The minimum atomic E-state index is -0.284. The molecule has 1 unspecified atom stereocenters. The summed E-state index contributed by atoms with van der Waals surface area (Å²) in [6, 6.07) is 0. The Hall–Kier alpha value is -0.650. The first-order valence-electron chi connectivity index (χ1n) is 7.77. The van der Waals surface area contributed by atoms with Gasteiger partial charge in [-0.05, 0) is 40.5 Å². The molecule has 0 aromatic carbocycles. The number of ether oxygens (including phenoxy) is 4. The molecule has 0 fully saturated rings. The van der Waals surface area contributed by atoms with Crippen LogP contribution in [0.2, 0.25) is 0 Å². The van der Waals surface area contributed by atoms with Crippen LogP contribution in [0.5, 0.6) is 0 Å². The lowest BCUT2D eigenvalue weighted by Gasteiger charge is -2.30. The fourth-order valence-electron chi connectivity index (χ4n) is 1.74. The van der Waals surface area contributed by atoms with E-state index >= 15 is 0 Å². The molecule has 0 aromatic rings. The van der Waals surface area contributed by atoms with E-state index in [-0.39, 0.29) is 30.4 Å². The van der Waals surface area contributed by atoms with Crippen LogP contribution in [-0.4, -0.2) is 50.2 Å². The molecular weight excluding hydrogens is 272 g/mol. The summed E-state index contributed by atoms with van der Waals surface area (Å²) in [5.41, 5.74) is -0.241. The van der Waals surface area contributed by atoms with Gasteiger partial charge in [0, 0.05) is 13.5 Å². The minimum Gasteiger partial charge on any atom is -0.463 e. The zero-order valence-electron chi connectivity index (χ0n) is 14.4. The standard InChI is InChI=1S/C16H32O5/c1-7-15(12-18-10-11-20-14(4)17)21-16(5,6)8-9-19-13(2)3/h13,15H,7-12H2,1-6H3. The Morgan fingerprint density at radius 1 is 1.14 bits per heavy atom. The molecule has 0 aliphatic carbocycles. The highest BCUT2D eigenvalue weighted by Gasteiger charge is 2.23. The summed E-state index contributed by atoms with van der Waals surface area (Å²) < 4.78 is 22.0. The number of carbonyl (C=O) groups is 1. The molecule has 0 bridgehead atoms. The first kappa shape index (κ1) is 20.3. The summed E-state index contributed by atoms with van der Waals surface area (Å²) in [5, 5.41) is 0. The van der Waals surface area contributed by atoms with E-state index in [4.69, 9.17) is 18.9 Å². The lowest BCUT2D eigenvalue weighted by molar-refractivity contribution is -0.144. The van der Waals surface area contributed by atoms with E-state index in [2.05, 4.69) is 20.8 Å². The van der Waals surface area contributed by atoms with Crippen molar-refractivity contribution in [3.63, 3.8) is 0 Å². The maximum Gasteiger partial charge on any atom is 0.302 e. The highest BCUT2D eigenvalue weighted by molar-refractivity contribution is 5.65. The Morgan fingerprint density at radius 2 is 1.81 bits per heavy atom. The average Bonchev–Trinajstić information content (AvgIpc) is 2.35. The Morgan fingerprint density at radius 3 is 2.33 bits per heavy atom. The molecular formula is C16H32O5. The van der Waals surface area contributed by atoms with Gasteiger partial charge in [-0.3, -0.25) is 4.79 Å².